The van der Waals surface area contributed by atoms with E-state index in [1.165, 1.54) is 0 Å². The van der Waals surface area contributed by atoms with Crippen LogP contribution in [0, 0.1) is 27.7 Å². The fourth-order valence-corrected chi connectivity index (χ4v) is 5.84. The summed E-state index contributed by atoms with van der Waals surface area (Å²) in [6, 6.07) is 37.3. The van der Waals surface area contributed by atoms with Crippen LogP contribution >= 0.6 is 0 Å². The van der Waals surface area contributed by atoms with Crippen molar-refractivity contribution in [1.82, 2.24) is 9.97 Å². The number of rotatable bonds is 11. The SMILES string of the molecule is Cc1cc(/C=C/c2ccnc(-c3cc(/C=C/c4cc(C)c(OCc5ccccc5)c(C)c4)ccn3)c2)cc(C)c1OCc1ccccc1. The monoisotopic (exact) mass is 628 g/mol. The van der Waals surface area contributed by atoms with Crippen LogP contribution in [0.4, 0.5) is 0 Å². The van der Waals surface area contributed by atoms with E-state index in [0.717, 1.165) is 78.5 Å². The highest BCUT2D eigenvalue weighted by molar-refractivity contribution is 5.75. The predicted octanol–water partition coefficient (Wildman–Crippen LogP) is 10.9. The van der Waals surface area contributed by atoms with Gasteiger partial charge in [0.05, 0.1) is 11.4 Å². The Morgan fingerprint density at radius 1 is 0.438 bits per heavy atom. The number of aromatic nitrogens is 2. The van der Waals surface area contributed by atoms with Crippen molar-refractivity contribution in [3.8, 4) is 22.9 Å². The summed E-state index contributed by atoms with van der Waals surface area (Å²) in [4.78, 5) is 9.26. The van der Waals surface area contributed by atoms with E-state index in [4.69, 9.17) is 9.47 Å². The Balaban J connectivity index is 1.12. The van der Waals surface area contributed by atoms with Crippen molar-refractivity contribution in [3.05, 3.63) is 177 Å². The normalized spacial score (nSPS) is 11.3. The summed E-state index contributed by atoms with van der Waals surface area (Å²) < 4.78 is 12.4. The lowest BCUT2D eigenvalue weighted by atomic mass is 10.0. The molecule has 0 saturated carbocycles. The Morgan fingerprint density at radius 2 is 0.792 bits per heavy atom. The van der Waals surface area contributed by atoms with Gasteiger partial charge in [-0.1, -0.05) is 85.0 Å². The fourth-order valence-electron chi connectivity index (χ4n) is 5.84. The van der Waals surface area contributed by atoms with Crippen LogP contribution in [0.2, 0.25) is 0 Å². The molecule has 0 radical (unpaired) electrons. The van der Waals surface area contributed by atoms with E-state index in [9.17, 15) is 0 Å². The lowest BCUT2D eigenvalue weighted by Gasteiger charge is -2.13. The minimum absolute atomic E-state index is 0.556. The van der Waals surface area contributed by atoms with Gasteiger partial charge in [-0.3, -0.25) is 9.97 Å². The molecule has 0 unspecified atom stereocenters. The molecular weight excluding hydrogens is 588 g/mol. The first-order chi connectivity index (χ1) is 23.4. The van der Waals surface area contributed by atoms with Crippen LogP contribution in [0.1, 0.15) is 55.6 Å². The molecule has 0 aliphatic heterocycles. The van der Waals surface area contributed by atoms with Gasteiger partial charge in [0, 0.05) is 12.4 Å². The van der Waals surface area contributed by atoms with E-state index < -0.39 is 0 Å². The largest absolute Gasteiger partial charge is 0.488 e. The summed E-state index contributed by atoms with van der Waals surface area (Å²) in [7, 11) is 0. The molecule has 0 bridgehead atoms. The lowest BCUT2D eigenvalue weighted by Crippen LogP contribution is -1.99. The highest BCUT2D eigenvalue weighted by Crippen LogP contribution is 2.29. The van der Waals surface area contributed by atoms with E-state index >= 15 is 0 Å². The third-order valence-corrected chi connectivity index (χ3v) is 8.18. The first-order valence-corrected chi connectivity index (χ1v) is 16.3. The number of hydrogen-bond donors (Lipinski definition) is 0. The summed E-state index contributed by atoms with van der Waals surface area (Å²) in [6.45, 7) is 9.51. The van der Waals surface area contributed by atoms with Crippen molar-refractivity contribution in [3.63, 3.8) is 0 Å². The molecule has 6 rings (SSSR count). The summed E-state index contributed by atoms with van der Waals surface area (Å²) >= 11 is 0. The minimum Gasteiger partial charge on any atom is -0.488 e. The van der Waals surface area contributed by atoms with Gasteiger partial charge in [0.1, 0.15) is 24.7 Å². The molecule has 0 amide bonds. The van der Waals surface area contributed by atoms with Crippen LogP contribution in [0.25, 0.3) is 35.7 Å². The van der Waals surface area contributed by atoms with Gasteiger partial charge in [0.25, 0.3) is 0 Å². The number of pyridine rings is 2. The van der Waals surface area contributed by atoms with Crippen molar-refractivity contribution in [2.45, 2.75) is 40.9 Å². The van der Waals surface area contributed by atoms with Gasteiger partial charge >= 0.3 is 0 Å². The molecule has 0 atom stereocenters. The van der Waals surface area contributed by atoms with Crippen molar-refractivity contribution >= 4 is 24.3 Å². The van der Waals surface area contributed by atoms with Gasteiger partial charge in [0.15, 0.2) is 0 Å². The number of aryl methyl sites for hydroxylation is 4. The minimum atomic E-state index is 0.556. The topological polar surface area (TPSA) is 44.2 Å². The van der Waals surface area contributed by atoms with E-state index in [1.54, 1.807) is 0 Å². The number of ether oxygens (including phenoxy) is 2. The third-order valence-electron chi connectivity index (χ3n) is 8.18. The summed E-state index contributed by atoms with van der Waals surface area (Å²) in [6.07, 6.45) is 12.2. The van der Waals surface area contributed by atoms with E-state index in [-0.39, 0.29) is 0 Å². The van der Waals surface area contributed by atoms with Crippen LogP contribution in [0.5, 0.6) is 11.5 Å². The highest BCUT2D eigenvalue weighted by Gasteiger charge is 2.08. The van der Waals surface area contributed by atoms with Gasteiger partial charge < -0.3 is 9.47 Å². The second-order valence-electron chi connectivity index (χ2n) is 12.1. The van der Waals surface area contributed by atoms with Crippen LogP contribution < -0.4 is 9.47 Å². The van der Waals surface area contributed by atoms with E-state index in [2.05, 4.69) is 123 Å². The molecule has 0 spiro atoms. The molecule has 4 aromatic carbocycles. The third kappa shape index (κ3) is 8.34. The smallest absolute Gasteiger partial charge is 0.125 e. The molecule has 238 valence electrons. The quantitative estimate of drug-likeness (QED) is 0.143. The zero-order chi connectivity index (χ0) is 33.3. The molecule has 0 fully saturated rings. The summed E-state index contributed by atoms with van der Waals surface area (Å²) in [5, 5.41) is 0. The molecule has 0 aliphatic carbocycles. The number of nitrogens with zero attached hydrogens (tertiary/aromatic N) is 2. The Bertz CT molecular complexity index is 1870. The molecule has 6 aromatic rings. The van der Waals surface area contributed by atoms with Gasteiger partial charge in [-0.25, -0.2) is 0 Å². The van der Waals surface area contributed by atoms with Crippen LogP contribution in [0.15, 0.2) is 122 Å². The second-order valence-corrected chi connectivity index (χ2v) is 12.1. The maximum absolute atomic E-state index is 6.18. The van der Waals surface area contributed by atoms with Crippen LogP contribution in [-0.2, 0) is 13.2 Å². The Labute approximate surface area is 284 Å². The number of benzene rings is 4. The van der Waals surface area contributed by atoms with Crippen LogP contribution in [0.3, 0.4) is 0 Å². The van der Waals surface area contributed by atoms with Gasteiger partial charge in [-0.2, -0.15) is 0 Å². The van der Waals surface area contributed by atoms with Crippen molar-refractivity contribution in [1.29, 1.82) is 0 Å². The molecule has 48 heavy (non-hydrogen) atoms. The Hall–Kier alpha value is -5.74. The average molecular weight is 629 g/mol. The van der Waals surface area contributed by atoms with Gasteiger partial charge in [-0.15, -0.1) is 0 Å². The number of hydrogen-bond acceptors (Lipinski definition) is 4. The van der Waals surface area contributed by atoms with E-state index in [0.29, 0.717) is 13.2 Å². The summed E-state index contributed by atoms with van der Waals surface area (Å²) in [5.74, 6) is 1.88. The first-order valence-electron chi connectivity index (χ1n) is 16.3. The standard InChI is InChI=1S/C44H40N2O2/c1-31-23-39(24-32(2)43(31)47-29-37-11-7-5-8-12-37)17-15-35-19-21-45-41(27-35)42-28-36(20-22-46-42)16-18-40-25-33(3)44(34(4)26-40)48-30-38-13-9-6-10-14-38/h5-28H,29-30H2,1-4H3/b17-15+,18-16+. The zero-order valence-corrected chi connectivity index (χ0v) is 28.0. The Kier molecular flexibility index (Phi) is 10.2. The molecule has 4 heteroatoms. The average Bonchev–Trinajstić information content (AvgIpc) is 3.10. The fraction of sp³-hybridized carbons (Fsp3) is 0.136. The van der Waals surface area contributed by atoms with Gasteiger partial charge in [0.2, 0.25) is 0 Å². The first kappa shape index (κ1) is 32.2. The molecule has 0 N–H and O–H groups in total. The highest BCUT2D eigenvalue weighted by atomic mass is 16.5. The molecule has 4 nitrogen and oxygen atoms in total. The van der Waals surface area contributed by atoms with Crippen molar-refractivity contribution in [2.75, 3.05) is 0 Å². The van der Waals surface area contributed by atoms with E-state index in [1.807, 2.05) is 60.9 Å². The maximum Gasteiger partial charge on any atom is 0.125 e. The van der Waals surface area contributed by atoms with Crippen LogP contribution in [-0.4, -0.2) is 9.97 Å². The Morgan fingerprint density at radius 3 is 1.17 bits per heavy atom. The molecule has 0 saturated heterocycles. The van der Waals surface area contributed by atoms with Crippen molar-refractivity contribution < 1.29 is 9.47 Å². The summed E-state index contributed by atoms with van der Waals surface area (Å²) in [5.41, 5.74) is 12.8. The molecular formula is C44H40N2O2. The zero-order valence-electron chi connectivity index (χ0n) is 28.0. The predicted molar refractivity (Wildman–Crippen MR) is 199 cm³/mol. The van der Waals surface area contributed by atoms with Crippen molar-refractivity contribution in [2.24, 2.45) is 0 Å². The van der Waals surface area contributed by atoms with Gasteiger partial charge in [-0.05, 0) is 132 Å². The lowest BCUT2D eigenvalue weighted by molar-refractivity contribution is 0.302. The maximum atomic E-state index is 6.18. The second kappa shape index (κ2) is 15.2. The molecule has 0 aliphatic rings. The molecule has 2 aromatic heterocycles. The molecule has 2 heterocycles.